The van der Waals surface area contributed by atoms with Crippen molar-refractivity contribution in [3.63, 3.8) is 0 Å². The summed E-state index contributed by atoms with van der Waals surface area (Å²) in [5.74, 6) is 0.0800. The van der Waals surface area contributed by atoms with Crippen LogP contribution in [0.5, 0.6) is 5.75 Å². The molecule has 4 nitrogen and oxygen atoms in total. The van der Waals surface area contributed by atoms with E-state index in [0.29, 0.717) is 10.8 Å². The summed E-state index contributed by atoms with van der Waals surface area (Å²) in [5, 5.41) is 3.87. The number of hydrogen-bond donors (Lipinski definition) is 1. The van der Waals surface area contributed by atoms with Gasteiger partial charge in [-0.25, -0.2) is 4.79 Å². The monoisotopic (exact) mass is 313 g/mol. The van der Waals surface area contributed by atoms with Crippen molar-refractivity contribution in [2.24, 2.45) is 0 Å². The number of halogens is 1. The lowest BCUT2D eigenvalue weighted by Crippen LogP contribution is -2.35. The topological polar surface area (TPSA) is 47.6 Å². The first-order chi connectivity index (χ1) is 9.67. The highest BCUT2D eigenvalue weighted by atomic mass is 35.5. The van der Waals surface area contributed by atoms with Crippen molar-refractivity contribution >= 4 is 17.6 Å². The molecular weight excluding hydrogens is 290 g/mol. The molecule has 0 spiro atoms. The van der Waals surface area contributed by atoms with E-state index in [1.165, 1.54) is 0 Å². The molecule has 0 saturated carbocycles. The zero-order chi connectivity index (χ0) is 16.0. The van der Waals surface area contributed by atoms with Crippen LogP contribution >= 0.6 is 11.6 Å². The predicted octanol–water partition coefficient (Wildman–Crippen LogP) is 3.56. The van der Waals surface area contributed by atoms with Crippen LogP contribution in [0, 0.1) is 0 Å². The maximum atomic E-state index is 11.4. The molecule has 1 aromatic rings. The number of rotatable bonds is 6. The van der Waals surface area contributed by atoms with Crippen LogP contribution in [0.2, 0.25) is 5.02 Å². The average molecular weight is 314 g/mol. The summed E-state index contributed by atoms with van der Waals surface area (Å²) in [6, 6.07) is 5.53. The molecule has 0 aliphatic carbocycles. The first-order valence-corrected chi connectivity index (χ1v) is 7.41. The van der Waals surface area contributed by atoms with Crippen molar-refractivity contribution in [1.29, 1.82) is 0 Å². The Morgan fingerprint density at radius 2 is 2.00 bits per heavy atom. The Bertz CT molecular complexity index is 481. The zero-order valence-electron chi connectivity index (χ0n) is 13.3. The van der Waals surface area contributed by atoms with Crippen LogP contribution in [0.1, 0.15) is 40.2 Å². The maximum Gasteiger partial charge on any atom is 0.344 e. The molecule has 0 fully saturated rings. The van der Waals surface area contributed by atoms with E-state index in [-0.39, 0.29) is 18.2 Å². The third-order valence-corrected chi connectivity index (χ3v) is 2.83. The van der Waals surface area contributed by atoms with Gasteiger partial charge in [0.05, 0.1) is 11.1 Å². The second kappa shape index (κ2) is 7.66. The molecular formula is C16H24ClNO3. The summed E-state index contributed by atoms with van der Waals surface area (Å²) in [6.45, 7) is 10.5. The largest absolute Gasteiger partial charge is 0.480 e. The standard InChI is InChI=1S/C16H24ClNO3/c1-11(2)21-15(19)10-20-14-7-6-12(8-13(14)17)9-18-16(3,4)5/h6-8,11,18H,9-10H2,1-5H3. The van der Waals surface area contributed by atoms with E-state index in [2.05, 4.69) is 26.1 Å². The minimum atomic E-state index is -0.403. The van der Waals surface area contributed by atoms with Crippen LogP contribution in [0.3, 0.4) is 0 Å². The SMILES string of the molecule is CC(C)OC(=O)COc1ccc(CNC(C)(C)C)cc1Cl. The highest BCUT2D eigenvalue weighted by molar-refractivity contribution is 6.32. The molecule has 0 saturated heterocycles. The number of hydrogen-bond acceptors (Lipinski definition) is 4. The van der Waals surface area contributed by atoms with Crippen LogP contribution in [0.25, 0.3) is 0 Å². The van der Waals surface area contributed by atoms with Crippen LogP contribution < -0.4 is 10.1 Å². The molecule has 1 rings (SSSR count). The third kappa shape index (κ3) is 7.34. The lowest BCUT2D eigenvalue weighted by Gasteiger charge is -2.20. The summed E-state index contributed by atoms with van der Waals surface area (Å²) in [6.07, 6.45) is -0.151. The molecule has 21 heavy (non-hydrogen) atoms. The highest BCUT2D eigenvalue weighted by Crippen LogP contribution is 2.25. The second-order valence-electron chi connectivity index (χ2n) is 6.20. The average Bonchev–Trinajstić information content (AvgIpc) is 2.33. The zero-order valence-corrected chi connectivity index (χ0v) is 14.1. The van der Waals surface area contributed by atoms with E-state index < -0.39 is 5.97 Å². The van der Waals surface area contributed by atoms with Crippen molar-refractivity contribution in [2.45, 2.75) is 52.8 Å². The Labute approximate surface area is 131 Å². The first-order valence-electron chi connectivity index (χ1n) is 7.03. The van der Waals surface area contributed by atoms with Gasteiger partial charge in [0.25, 0.3) is 0 Å². The number of nitrogens with one attached hydrogen (secondary N) is 1. The summed E-state index contributed by atoms with van der Waals surface area (Å²) in [4.78, 5) is 11.4. The molecule has 1 aromatic carbocycles. The van der Waals surface area contributed by atoms with E-state index in [0.717, 1.165) is 12.1 Å². The molecule has 0 amide bonds. The smallest absolute Gasteiger partial charge is 0.344 e. The van der Waals surface area contributed by atoms with Crippen molar-refractivity contribution < 1.29 is 14.3 Å². The van der Waals surface area contributed by atoms with Gasteiger partial charge in [-0.2, -0.15) is 0 Å². The Balaban J connectivity index is 2.56. The molecule has 0 aromatic heterocycles. The summed E-state index contributed by atoms with van der Waals surface area (Å²) in [7, 11) is 0. The Morgan fingerprint density at radius 3 is 2.52 bits per heavy atom. The third-order valence-electron chi connectivity index (χ3n) is 2.53. The molecule has 0 unspecified atom stereocenters. The summed E-state index contributed by atoms with van der Waals surface area (Å²) >= 11 is 6.16. The predicted molar refractivity (Wildman–Crippen MR) is 84.8 cm³/mol. The minimum absolute atomic E-state index is 0.0439. The van der Waals surface area contributed by atoms with E-state index in [4.69, 9.17) is 21.1 Å². The van der Waals surface area contributed by atoms with Crippen molar-refractivity contribution in [3.8, 4) is 5.75 Å². The molecule has 0 radical (unpaired) electrons. The van der Waals surface area contributed by atoms with E-state index >= 15 is 0 Å². The number of carbonyl (C=O) groups is 1. The fraction of sp³-hybridized carbons (Fsp3) is 0.562. The van der Waals surface area contributed by atoms with Gasteiger partial charge in [-0.3, -0.25) is 0 Å². The minimum Gasteiger partial charge on any atom is -0.480 e. The molecule has 1 N–H and O–H groups in total. The Kier molecular flexibility index (Phi) is 6.49. The number of carbonyl (C=O) groups excluding carboxylic acids is 1. The Morgan fingerprint density at radius 1 is 1.33 bits per heavy atom. The quantitative estimate of drug-likeness (QED) is 0.816. The molecule has 118 valence electrons. The van der Waals surface area contributed by atoms with Gasteiger partial charge in [0.2, 0.25) is 0 Å². The van der Waals surface area contributed by atoms with Crippen LogP contribution in [-0.4, -0.2) is 24.2 Å². The van der Waals surface area contributed by atoms with Gasteiger partial charge < -0.3 is 14.8 Å². The molecule has 0 heterocycles. The van der Waals surface area contributed by atoms with Gasteiger partial charge in [0.1, 0.15) is 5.75 Å². The molecule has 0 atom stereocenters. The fourth-order valence-corrected chi connectivity index (χ4v) is 1.83. The number of ether oxygens (including phenoxy) is 2. The van der Waals surface area contributed by atoms with Gasteiger partial charge in [-0.05, 0) is 52.3 Å². The van der Waals surface area contributed by atoms with Gasteiger partial charge in [-0.1, -0.05) is 17.7 Å². The van der Waals surface area contributed by atoms with Gasteiger partial charge >= 0.3 is 5.97 Å². The summed E-state index contributed by atoms with van der Waals surface area (Å²) < 4.78 is 10.4. The molecule has 0 aliphatic heterocycles. The van der Waals surface area contributed by atoms with Crippen molar-refractivity contribution in [1.82, 2.24) is 5.32 Å². The lowest BCUT2D eigenvalue weighted by atomic mass is 10.1. The Hall–Kier alpha value is -1.26. The fourth-order valence-electron chi connectivity index (χ4n) is 1.57. The van der Waals surface area contributed by atoms with E-state index in [1.54, 1.807) is 19.9 Å². The summed E-state index contributed by atoms with van der Waals surface area (Å²) in [5.41, 5.74) is 1.11. The van der Waals surface area contributed by atoms with Gasteiger partial charge in [0, 0.05) is 12.1 Å². The molecule has 0 bridgehead atoms. The number of benzene rings is 1. The second-order valence-corrected chi connectivity index (χ2v) is 6.60. The van der Waals surface area contributed by atoms with Crippen LogP contribution in [0.4, 0.5) is 0 Å². The van der Waals surface area contributed by atoms with Crippen LogP contribution in [0.15, 0.2) is 18.2 Å². The first kappa shape index (κ1) is 17.8. The van der Waals surface area contributed by atoms with Gasteiger partial charge in [0.15, 0.2) is 6.61 Å². The lowest BCUT2D eigenvalue weighted by molar-refractivity contribution is -0.149. The van der Waals surface area contributed by atoms with E-state index in [1.807, 2.05) is 12.1 Å². The highest BCUT2D eigenvalue weighted by Gasteiger charge is 2.11. The normalized spacial score (nSPS) is 11.6. The van der Waals surface area contributed by atoms with E-state index in [9.17, 15) is 4.79 Å². The van der Waals surface area contributed by atoms with Crippen LogP contribution in [-0.2, 0) is 16.1 Å². The van der Waals surface area contributed by atoms with Gasteiger partial charge in [-0.15, -0.1) is 0 Å². The maximum absolute atomic E-state index is 11.4. The molecule has 0 aliphatic rings. The van der Waals surface area contributed by atoms with Crippen molar-refractivity contribution in [2.75, 3.05) is 6.61 Å². The number of esters is 1. The van der Waals surface area contributed by atoms with Crippen molar-refractivity contribution in [3.05, 3.63) is 28.8 Å². The molecule has 5 heteroatoms.